The lowest BCUT2D eigenvalue weighted by Gasteiger charge is -2.16. The van der Waals surface area contributed by atoms with Gasteiger partial charge in [0.1, 0.15) is 0 Å². The number of hydrazone groups is 1. The summed E-state index contributed by atoms with van der Waals surface area (Å²) in [4.78, 5) is 14.2. The Hall–Kier alpha value is -1.36. The van der Waals surface area contributed by atoms with E-state index in [0.717, 1.165) is 12.8 Å². The second kappa shape index (κ2) is 7.04. The molecular weight excluding hydrogens is 351 g/mol. The number of nitrogens with one attached hydrogen (secondary N) is 1. The maximum atomic E-state index is 12.2. The van der Waals surface area contributed by atoms with E-state index in [1.807, 2.05) is 6.07 Å². The molecule has 1 aromatic carbocycles. The Morgan fingerprint density at radius 2 is 2.22 bits per heavy atom. The smallest absolute Gasteiger partial charge is 0.266 e. The van der Waals surface area contributed by atoms with E-state index >= 15 is 0 Å². The van der Waals surface area contributed by atoms with Crippen molar-refractivity contribution in [2.75, 3.05) is 0 Å². The molecule has 1 aliphatic rings. The molecule has 1 atom stereocenters. The first kappa shape index (κ1) is 16.5. The predicted molar refractivity (Wildman–Crippen MR) is 97.0 cm³/mol. The van der Waals surface area contributed by atoms with Gasteiger partial charge < -0.3 is 0 Å². The maximum Gasteiger partial charge on any atom is 0.281 e. The van der Waals surface area contributed by atoms with Crippen LogP contribution in [0.3, 0.4) is 0 Å². The van der Waals surface area contributed by atoms with Crippen LogP contribution in [0.15, 0.2) is 29.4 Å². The van der Waals surface area contributed by atoms with E-state index in [1.165, 1.54) is 23.1 Å². The summed E-state index contributed by atoms with van der Waals surface area (Å²) in [7, 11) is 0. The molecule has 3 rings (SSSR count). The number of nitrogens with zero attached hydrogens (tertiary/aromatic N) is 1. The SMILES string of the molecule is CC1CCc2sc(C(=O)NN=Cc3ccc(Cl)cc3Cl)cc2C1. The van der Waals surface area contributed by atoms with Gasteiger partial charge in [-0.25, -0.2) is 5.43 Å². The van der Waals surface area contributed by atoms with Crippen molar-refractivity contribution in [1.29, 1.82) is 0 Å². The van der Waals surface area contributed by atoms with Gasteiger partial charge in [-0.15, -0.1) is 11.3 Å². The molecule has 1 unspecified atom stereocenters. The zero-order valence-corrected chi connectivity index (χ0v) is 14.9. The second-order valence-corrected chi connectivity index (χ2v) is 7.75. The lowest BCUT2D eigenvalue weighted by atomic mass is 9.90. The van der Waals surface area contributed by atoms with Crippen molar-refractivity contribution >= 4 is 46.7 Å². The third-order valence-electron chi connectivity index (χ3n) is 3.89. The average molecular weight is 367 g/mol. The average Bonchev–Trinajstić information content (AvgIpc) is 2.92. The number of halogens is 2. The minimum absolute atomic E-state index is 0.182. The molecule has 1 aliphatic carbocycles. The Labute approximate surface area is 149 Å². The van der Waals surface area contributed by atoms with Gasteiger partial charge in [-0.05, 0) is 48.9 Å². The van der Waals surface area contributed by atoms with E-state index in [9.17, 15) is 4.79 Å². The highest BCUT2D eigenvalue weighted by atomic mass is 35.5. The van der Waals surface area contributed by atoms with Crippen LogP contribution >= 0.6 is 34.5 Å². The van der Waals surface area contributed by atoms with Crippen LogP contribution < -0.4 is 5.43 Å². The monoisotopic (exact) mass is 366 g/mol. The predicted octanol–water partition coefficient (Wildman–Crippen LogP) is 4.94. The highest BCUT2D eigenvalue weighted by molar-refractivity contribution is 7.14. The third kappa shape index (κ3) is 3.94. The van der Waals surface area contributed by atoms with Crippen LogP contribution in [0.5, 0.6) is 0 Å². The number of hydrogen-bond acceptors (Lipinski definition) is 3. The molecule has 0 spiro atoms. The van der Waals surface area contributed by atoms with Gasteiger partial charge in [-0.2, -0.15) is 5.10 Å². The molecule has 6 heteroatoms. The highest BCUT2D eigenvalue weighted by Crippen LogP contribution is 2.32. The Morgan fingerprint density at radius 3 is 3.00 bits per heavy atom. The summed E-state index contributed by atoms with van der Waals surface area (Å²) in [5, 5.41) is 5.04. The van der Waals surface area contributed by atoms with E-state index in [4.69, 9.17) is 23.2 Å². The van der Waals surface area contributed by atoms with Crippen LogP contribution in [0.1, 0.15) is 39.0 Å². The van der Waals surface area contributed by atoms with Crippen molar-refractivity contribution in [2.24, 2.45) is 11.0 Å². The van der Waals surface area contributed by atoms with E-state index in [-0.39, 0.29) is 5.91 Å². The number of amides is 1. The molecule has 0 saturated carbocycles. The van der Waals surface area contributed by atoms with Gasteiger partial charge >= 0.3 is 0 Å². The fourth-order valence-corrected chi connectivity index (χ4v) is 4.19. The standard InChI is InChI=1S/C17H16Cl2N2OS/c1-10-2-5-15-12(6-10)7-16(23-15)17(22)21-20-9-11-3-4-13(18)8-14(11)19/h3-4,7-10H,2,5-6H2,1H3,(H,21,22). The number of thiophene rings is 1. The van der Waals surface area contributed by atoms with E-state index < -0.39 is 0 Å². The minimum Gasteiger partial charge on any atom is -0.266 e. The number of benzene rings is 1. The van der Waals surface area contributed by atoms with Crippen molar-refractivity contribution in [3.05, 3.63) is 55.2 Å². The lowest BCUT2D eigenvalue weighted by Crippen LogP contribution is -2.16. The fraction of sp³-hybridized carbons (Fsp3) is 0.294. The van der Waals surface area contributed by atoms with Gasteiger partial charge in [-0.1, -0.05) is 36.2 Å². The van der Waals surface area contributed by atoms with Gasteiger partial charge in [0.15, 0.2) is 0 Å². The van der Waals surface area contributed by atoms with Crippen molar-refractivity contribution in [1.82, 2.24) is 5.43 Å². The lowest BCUT2D eigenvalue weighted by molar-refractivity contribution is 0.0959. The van der Waals surface area contributed by atoms with E-state index in [2.05, 4.69) is 17.5 Å². The van der Waals surface area contributed by atoms with Crippen LogP contribution in [-0.4, -0.2) is 12.1 Å². The number of carbonyl (C=O) groups excluding carboxylic acids is 1. The molecule has 1 amide bonds. The van der Waals surface area contributed by atoms with Gasteiger partial charge in [0.25, 0.3) is 5.91 Å². The number of rotatable bonds is 3. The molecule has 0 radical (unpaired) electrons. The molecule has 0 bridgehead atoms. The molecule has 0 saturated heterocycles. The van der Waals surface area contributed by atoms with Gasteiger partial charge in [0.2, 0.25) is 0 Å². The zero-order valence-electron chi connectivity index (χ0n) is 12.6. The van der Waals surface area contributed by atoms with Crippen molar-refractivity contribution in [3.63, 3.8) is 0 Å². The number of hydrogen-bond donors (Lipinski definition) is 1. The van der Waals surface area contributed by atoms with Crippen LogP contribution in [0.25, 0.3) is 0 Å². The first-order chi connectivity index (χ1) is 11.0. The van der Waals surface area contributed by atoms with Gasteiger partial charge in [0, 0.05) is 15.5 Å². The molecule has 23 heavy (non-hydrogen) atoms. The Kier molecular flexibility index (Phi) is 5.05. The van der Waals surface area contributed by atoms with Crippen LogP contribution in [0, 0.1) is 5.92 Å². The first-order valence-electron chi connectivity index (χ1n) is 7.43. The molecule has 1 heterocycles. The van der Waals surface area contributed by atoms with Crippen LogP contribution in [0.4, 0.5) is 0 Å². The van der Waals surface area contributed by atoms with Crippen LogP contribution in [-0.2, 0) is 12.8 Å². The molecule has 120 valence electrons. The quantitative estimate of drug-likeness (QED) is 0.606. The summed E-state index contributed by atoms with van der Waals surface area (Å²) in [6.07, 6.45) is 4.84. The maximum absolute atomic E-state index is 12.2. The molecule has 3 nitrogen and oxygen atoms in total. The zero-order chi connectivity index (χ0) is 16.4. The first-order valence-corrected chi connectivity index (χ1v) is 9.00. The summed E-state index contributed by atoms with van der Waals surface area (Å²) < 4.78 is 0. The number of carbonyl (C=O) groups is 1. The largest absolute Gasteiger partial charge is 0.281 e. The summed E-state index contributed by atoms with van der Waals surface area (Å²) in [6.45, 7) is 2.25. The Balaban J connectivity index is 1.66. The molecule has 0 fully saturated rings. The highest BCUT2D eigenvalue weighted by Gasteiger charge is 2.20. The van der Waals surface area contributed by atoms with Gasteiger partial charge in [-0.3, -0.25) is 4.79 Å². The van der Waals surface area contributed by atoms with E-state index in [1.54, 1.807) is 29.5 Å². The van der Waals surface area contributed by atoms with E-state index in [0.29, 0.717) is 26.4 Å². The second-order valence-electron chi connectivity index (χ2n) is 5.77. The van der Waals surface area contributed by atoms with Crippen molar-refractivity contribution < 1.29 is 4.79 Å². The minimum atomic E-state index is -0.182. The summed E-state index contributed by atoms with van der Waals surface area (Å²) in [6, 6.07) is 7.12. The number of aryl methyl sites for hydroxylation is 1. The van der Waals surface area contributed by atoms with Crippen molar-refractivity contribution in [3.8, 4) is 0 Å². The molecule has 1 N–H and O–H groups in total. The molecule has 0 aliphatic heterocycles. The summed E-state index contributed by atoms with van der Waals surface area (Å²) in [5.41, 5.74) is 4.57. The fourth-order valence-electron chi connectivity index (χ4n) is 2.64. The van der Waals surface area contributed by atoms with Crippen molar-refractivity contribution in [2.45, 2.75) is 26.2 Å². The summed E-state index contributed by atoms with van der Waals surface area (Å²) in [5.74, 6) is 0.511. The topological polar surface area (TPSA) is 41.5 Å². The Morgan fingerprint density at radius 1 is 1.39 bits per heavy atom. The Bertz CT molecular complexity index is 770. The van der Waals surface area contributed by atoms with Crippen LogP contribution in [0.2, 0.25) is 10.0 Å². The normalized spacial score (nSPS) is 17.3. The third-order valence-corrected chi connectivity index (χ3v) is 5.68. The summed E-state index contributed by atoms with van der Waals surface area (Å²) >= 11 is 13.5. The molecule has 2 aromatic rings. The molecular formula is C17H16Cl2N2OS. The molecule has 1 aromatic heterocycles. The van der Waals surface area contributed by atoms with Gasteiger partial charge in [0.05, 0.1) is 16.1 Å². The number of fused-ring (bicyclic) bond motifs is 1.